The molecule has 1 aromatic carbocycles. The molecule has 1 heterocycles. The van der Waals surface area contributed by atoms with Crippen molar-refractivity contribution in [3.8, 4) is 0 Å². The quantitative estimate of drug-likeness (QED) is 0.491. The van der Waals surface area contributed by atoms with E-state index in [0.29, 0.717) is 19.5 Å². The molecular formula is C24H36N2O6. The topological polar surface area (TPSA) is 85.4 Å². The predicted octanol–water partition coefficient (Wildman–Crippen LogP) is 4.37. The van der Waals surface area contributed by atoms with Crippen molar-refractivity contribution in [1.29, 1.82) is 0 Å². The number of carbonyl (C=O) groups excluding carboxylic acids is 3. The lowest BCUT2D eigenvalue weighted by Crippen LogP contribution is -2.57. The number of amides is 2. The highest BCUT2D eigenvalue weighted by Crippen LogP contribution is 2.20. The van der Waals surface area contributed by atoms with E-state index < -0.39 is 23.4 Å². The summed E-state index contributed by atoms with van der Waals surface area (Å²) in [4.78, 5) is 40.8. The third-order valence-corrected chi connectivity index (χ3v) is 4.68. The van der Waals surface area contributed by atoms with Crippen molar-refractivity contribution in [2.75, 3.05) is 19.6 Å². The monoisotopic (exact) mass is 448 g/mol. The summed E-state index contributed by atoms with van der Waals surface area (Å²) in [6, 6.07) is 9.04. The first kappa shape index (κ1) is 25.5. The lowest BCUT2D eigenvalue weighted by Gasteiger charge is -2.41. The van der Waals surface area contributed by atoms with Gasteiger partial charge in [-0.25, -0.2) is 9.59 Å². The highest BCUT2D eigenvalue weighted by molar-refractivity contribution is 5.72. The molecule has 1 saturated heterocycles. The highest BCUT2D eigenvalue weighted by atomic mass is 16.6. The van der Waals surface area contributed by atoms with Crippen LogP contribution in [0.15, 0.2) is 30.3 Å². The van der Waals surface area contributed by atoms with Crippen molar-refractivity contribution in [2.45, 2.75) is 78.2 Å². The molecule has 0 aliphatic carbocycles. The SMILES string of the molecule is CC(C)(C)OC(=O)CCC1CN(C(=O)OC(C)(C)C)CCN1C(=O)OCc1ccccc1. The van der Waals surface area contributed by atoms with Gasteiger partial charge in [-0.2, -0.15) is 0 Å². The van der Waals surface area contributed by atoms with E-state index in [9.17, 15) is 14.4 Å². The van der Waals surface area contributed by atoms with E-state index in [1.807, 2.05) is 71.9 Å². The maximum atomic E-state index is 12.8. The van der Waals surface area contributed by atoms with Gasteiger partial charge in [-0.3, -0.25) is 4.79 Å². The number of benzene rings is 1. The summed E-state index contributed by atoms with van der Waals surface area (Å²) in [5, 5.41) is 0. The molecular weight excluding hydrogens is 412 g/mol. The molecule has 0 bridgehead atoms. The zero-order valence-electron chi connectivity index (χ0n) is 20.1. The first-order valence-electron chi connectivity index (χ1n) is 11.0. The average molecular weight is 449 g/mol. The molecule has 1 unspecified atom stereocenters. The molecule has 0 aromatic heterocycles. The second kappa shape index (κ2) is 10.7. The number of rotatable bonds is 5. The lowest BCUT2D eigenvalue weighted by molar-refractivity contribution is -0.155. The Kier molecular flexibility index (Phi) is 8.52. The van der Waals surface area contributed by atoms with Crippen LogP contribution in [0.2, 0.25) is 0 Å². The van der Waals surface area contributed by atoms with Crippen LogP contribution in [0.1, 0.15) is 59.9 Å². The van der Waals surface area contributed by atoms with E-state index in [4.69, 9.17) is 14.2 Å². The van der Waals surface area contributed by atoms with E-state index in [2.05, 4.69) is 0 Å². The fraction of sp³-hybridized carbons (Fsp3) is 0.625. The van der Waals surface area contributed by atoms with Crippen LogP contribution < -0.4 is 0 Å². The number of hydrogen-bond donors (Lipinski definition) is 0. The second-order valence-corrected chi connectivity index (χ2v) is 9.94. The summed E-state index contributed by atoms with van der Waals surface area (Å²) in [6.07, 6.45) is -0.412. The van der Waals surface area contributed by atoms with Gasteiger partial charge in [0, 0.05) is 26.1 Å². The van der Waals surface area contributed by atoms with Gasteiger partial charge < -0.3 is 24.0 Å². The molecule has 1 aliphatic rings. The number of carbonyl (C=O) groups is 3. The summed E-state index contributed by atoms with van der Waals surface area (Å²) >= 11 is 0. The second-order valence-electron chi connectivity index (χ2n) is 9.94. The molecule has 1 aliphatic heterocycles. The molecule has 0 spiro atoms. The molecule has 0 N–H and O–H groups in total. The van der Waals surface area contributed by atoms with Crippen LogP contribution >= 0.6 is 0 Å². The maximum absolute atomic E-state index is 12.8. The maximum Gasteiger partial charge on any atom is 0.410 e. The molecule has 0 radical (unpaired) electrons. The molecule has 2 amide bonds. The molecule has 2 rings (SSSR count). The van der Waals surface area contributed by atoms with Crippen molar-refractivity contribution in [3.63, 3.8) is 0 Å². The summed E-state index contributed by atoms with van der Waals surface area (Å²) in [5.74, 6) is -0.343. The smallest absolute Gasteiger partial charge is 0.410 e. The summed E-state index contributed by atoms with van der Waals surface area (Å²) < 4.78 is 16.4. The van der Waals surface area contributed by atoms with Gasteiger partial charge in [0.2, 0.25) is 0 Å². The molecule has 1 atom stereocenters. The van der Waals surface area contributed by atoms with Gasteiger partial charge >= 0.3 is 18.2 Å². The zero-order valence-corrected chi connectivity index (χ0v) is 20.1. The van der Waals surface area contributed by atoms with Crippen molar-refractivity contribution in [1.82, 2.24) is 9.80 Å². The number of ether oxygens (including phenoxy) is 3. The molecule has 1 aromatic rings. The summed E-state index contributed by atoms with van der Waals surface area (Å²) in [5.41, 5.74) is -0.312. The molecule has 178 valence electrons. The summed E-state index contributed by atoms with van der Waals surface area (Å²) in [7, 11) is 0. The van der Waals surface area contributed by atoms with Crippen LogP contribution in [0.5, 0.6) is 0 Å². The lowest BCUT2D eigenvalue weighted by atomic mass is 10.1. The number of nitrogens with zero attached hydrogens (tertiary/aromatic N) is 2. The van der Waals surface area contributed by atoms with Gasteiger partial charge in [-0.05, 0) is 53.5 Å². The van der Waals surface area contributed by atoms with E-state index in [-0.39, 0.29) is 31.6 Å². The Labute approximate surface area is 190 Å². The average Bonchev–Trinajstić information content (AvgIpc) is 2.68. The standard InChI is InChI=1S/C24H36N2O6/c1-23(2,3)31-20(27)13-12-19-16-25(21(28)32-24(4,5)6)14-15-26(19)22(29)30-17-18-10-8-7-9-11-18/h7-11,19H,12-17H2,1-6H3. The van der Waals surface area contributed by atoms with Gasteiger partial charge in [-0.15, -0.1) is 0 Å². The third-order valence-electron chi connectivity index (χ3n) is 4.68. The minimum Gasteiger partial charge on any atom is -0.460 e. The van der Waals surface area contributed by atoms with Crippen molar-refractivity contribution in [3.05, 3.63) is 35.9 Å². The first-order valence-corrected chi connectivity index (χ1v) is 11.0. The molecule has 32 heavy (non-hydrogen) atoms. The minimum atomic E-state index is -0.616. The van der Waals surface area contributed by atoms with Crippen LogP contribution in [-0.4, -0.2) is 64.8 Å². The first-order chi connectivity index (χ1) is 14.8. The molecule has 0 saturated carbocycles. The summed E-state index contributed by atoms with van der Waals surface area (Å²) in [6.45, 7) is 11.9. The Morgan fingerprint density at radius 2 is 1.53 bits per heavy atom. The van der Waals surface area contributed by atoms with Crippen LogP contribution in [0.25, 0.3) is 0 Å². The van der Waals surface area contributed by atoms with Gasteiger partial charge in [0.1, 0.15) is 17.8 Å². The van der Waals surface area contributed by atoms with Gasteiger partial charge in [0.05, 0.1) is 6.04 Å². The largest absolute Gasteiger partial charge is 0.460 e. The van der Waals surface area contributed by atoms with E-state index in [1.165, 1.54) is 0 Å². The van der Waals surface area contributed by atoms with Crippen LogP contribution in [0, 0.1) is 0 Å². The number of piperazine rings is 1. The Bertz CT molecular complexity index is 782. The Hall–Kier alpha value is -2.77. The Morgan fingerprint density at radius 3 is 2.12 bits per heavy atom. The van der Waals surface area contributed by atoms with Gasteiger partial charge in [-0.1, -0.05) is 30.3 Å². The van der Waals surface area contributed by atoms with E-state index >= 15 is 0 Å². The van der Waals surface area contributed by atoms with Crippen LogP contribution in [-0.2, 0) is 25.6 Å². The molecule has 8 heteroatoms. The van der Waals surface area contributed by atoms with E-state index in [0.717, 1.165) is 5.56 Å². The molecule has 1 fully saturated rings. The van der Waals surface area contributed by atoms with Gasteiger partial charge in [0.15, 0.2) is 0 Å². The van der Waals surface area contributed by atoms with Crippen molar-refractivity contribution in [2.24, 2.45) is 0 Å². The molecule has 8 nitrogen and oxygen atoms in total. The van der Waals surface area contributed by atoms with Gasteiger partial charge in [0.25, 0.3) is 0 Å². The highest BCUT2D eigenvalue weighted by Gasteiger charge is 2.35. The fourth-order valence-corrected chi connectivity index (χ4v) is 3.31. The normalized spacial score (nSPS) is 17.0. The third kappa shape index (κ3) is 8.77. The zero-order chi connectivity index (χ0) is 23.9. The van der Waals surface area contributed by atoms with E-state index in [1.54, 1.807) is 9.80 Å². The van der Waals surface area contributed by atoms with Crippen LogP contribution in [0.4, 0.5) is 9.59 Å². The van der Waals surface area contributed by atoms with Crippen LogP contribution in [0.3, 0.4) is 0 Å². The predicted molar refractivity (Wildman–Crippen MR) is 120 cm³/mol. The Morgan fingerprint density at radius 1 is 0.906 bits per heavy atom. The Balaban J connectivity index is 2.04. The number of hydrogen-bond acceptors (Lipinski definition) is 6. The van der Waals surface area contributed by atoms with Crippen molar-refractivity contribution >= 4 is 18.2 Å². The van der Waals surface area contributed by atoms with Crippen molar-refractivity contribution < 1.29 is 28.6 Å². The number of esters is 1. The minimum absolute atomic E-state index is 0.132. The fourth-order valence-electron chi connectivity index (χ4n) is 3.31.